The molecule has 3 aliphatic rings. The van der Waals surface area contributed by atoms with Crippen molar-refractivity contribution >= 4 is 59.6 Å². The molecule has 0 spiro atoms. The third kappa shape index (κ3) is 5.63. The average Bonchev–Trinajstić information content (AvgIpc) is 2.90. The highest BCUT2D eigenvalue weighted by Crippen LogP contribution is 2.53. The van der Waals surface area contributed by atoms with E-state index in [0.29, 0.717) is 24.3 Å². The average molecular weight is 659 g/mol. The van der Waals surface area contributed by atoms with Gasteiger partial charge >= 0.3 is 0 Å². The second kappa shape index (κ2) is 13.3. The number of nitrogens with one attached hydrogen (secondary N) is 1. The number of hydrogen-bond acceptors (Lipinski definition) is 11. The zero-order valence-corrected chi connectivity index (χ0v) is 27.1. The fourth-order valence-corrected chi connectivity index (χ4v) is 6.63. The van der Waals surface area contributed by atoms with Crippen molar-refractivity contribution in [3.63, 3.8) is 0 Å². The lowest BCUT2D eigenvalue weighted by Gasteiger charge is -2.50. The molecule has 0 saturated carbocycles. The summed E-state index contributed by atoms with van der Waals surface area (Å²) in [4.78, 5) is 57.6. The van der Waals surface area contributed by atoms with Gasteiger partial charge in [0.15, 0.2) is 17.1 Å². The van der Waals surface area contributed by atoms with Crippen LogP contribution in [0.25, 0.3) is 0 Å². The predicted octanol–water partition coefficient (Wildman–Crippen LogP) is 1.31. The Morgan fingerprint density at radius 3 is 2.16 bits per heavy atom. The lowest BCUT2D eigenvalue weighted by Crippen LogP contribution is -2.63. The quantitative estimate of drug-likeness (QED) is 0.174. The zero-order valence-electron chi connectivity index (χ0n) is 25.5. The molecule has 1 aromatic carbocycles. The zero-order chi connectivity index (χ0) is 31.4. The van der Waals surface area contributed by atoms with Gasteiger partial charge in [-0.3, -0.25) is 29.0 Å². The van der Waals surface area contributed by atoms with Crippen LogP contribution < -0.4 is 16.0 Å². The molecule has 4 rings (SSSR count). The maximum Gasteiger partial charge on any atom is 0.255 e. The number of halogens is 2. The Morgan fingerprint density at radius 1 is 1.07 bits per heavy atom. The van der Waals surface area contributed by atoms with Gasteiger partial charge in [0.1, 0.15) is 17.1 Å². The molecule has 0 aromatic heterocycles. The van der Waals surface area contributed by atoms with E-state index in [1.165, 1.54) is 4.90 Å². The van der Waals surface area contributed by atoms with Gasteiger partial charge in [-0.2, -0.15) is 0 Å². The molecule has 3 aliphatic carbocycles. The molecule has 15 heteroatoms. The predicted molar refractivity (Wildman–Crippen MR) is 169 cm³/mol. The van der Waals surface area contributed by atoms with E-state index in [0.717, 1.165) is 0 Å². The van der Waals surface area contributed by atoms with Crippen LogP contribution in [0.2, 0.25) is 0 Å². The van der Waals surface area contributed by atoms with Gasteiger partial charge in [0.25, 0.3) is 5.91 Å². The molecule has 0 aliphatic heterocycles. The van der Waals surface area contributed by atoms with E-state index in [4.69, 9.17) is 5.73 Å². The van der Waals surface area contributed by atoms with Crippen LogP contribution in [0, 0.1) is 11.8 Å². The van der Waals surface area contributed by atoms with Crippen LogP contribution in [0.15, 0.2) is 28.7 Å². The Morgan fingerprint density at radius 2 is 1.66 bits per heavy atom. The number of carbonyl (C=O) groups excluding carboxylic acids is 4. The number of aliphatic hydroxyl groups excluding tert-OH is 2. The highest BCUT2D eigenvalue weighted by atomic mass is 35.5. The number of rotatable bonds is 8. The molecule has 7 N–H and O–H groups in total. The standard InChI is InChI=1S/C29H39N5O8.2ClH/c1-7-34(8-2)12-18(35)31-16-11-17(32(3)4)14-9-13-10-15-22(33(5)6)25(38)21(28(30)41)27(40)29(15,42)26(39)19(13)24(37)20(14)23(16)36;;/h11,13,15,22,36,38-39,42H,7-10,12H2,1-6H3,(H2,30,41)(H,31,35);2*1H/t13?,15?,22-,29-;;/m0../s1. The van der Waals surface area contributed by atoms with E-state index >= 15 is 0 Å². The van der Waals surface area contributed by atoms with Crippen molar-refractivity contribution in [2.45, 2.75) is 38.3 Å². The number of hydrogen-bond donors (Lipinski definition) is 6. The highest BCUT2D eigenvalue weighted by Gasteiger charge is 2.63. The third-order valence-electron chi connectivity index (χ3n) is 8.72. The van der Waals surface area contributed by atoms with E-state index in [1.54, 1.807) is 39.2 Å². The Balaban J connectivity index is 0.00000337. The smallest absolute Gasteiger partial charge is 0.255 e. The number of ketones is 2. The fraction of sp³-hybridized carbons (Fsp3) is 0.517. The monoisotopic (exact) mass is 657 g/mol. The number of nitrogens with two attached hydrogens (primary N) is 1. The number of fused-ring (bicyclic) bond motifs is 3. The second-order valence-electron chi connectivity index (χ2n) is 11.5. The van der Waals surface area contributed by atoms with E-state index in [9.17, 15) is 39.6 Å². The number of Topliss-reactive ketones (excluding diaryl/α,β-unsaturated/α-hetero) is 2. The summed E-state index contributed by atoms with van der Waals surface area (Å²) in [5.74, 6) is -7.67. The minimum absolute atomic E-state index is 0. The molecule has 0 heterocycles. The van der Waals surface area contributed by atoms with E-state index < -0.39 is 69.7 Å². The van der Waals surface area contributed by atoms with Gasteiger partial charge < -0.3 is 36.4 Å². The van der Waals surface area contributed by atoms with Crippen molar-refractivity contribution in [1.29, 1.82) is 0 Å². The van der Waals surface area contributed by atoms with E-state index in [1.807, 2.05) is 18.7 Å². The van der Waals surface area contributed by atoms with Crippen molar-refractivity contribution < 1.29 is 39.6 Å². The van der Waals surface area contributed by atoms with Gasteiger partial charge in [-0.25, -0.2) is 0 Å². The lowest BCUT2D eigenvalue weighted by atomic mass is 9.58. The molecule has 1 aromatic rings. The summed E-state index contributed by atoms with van der Waals surface area (Å²) >= 11 is 0. The number of phenolic OH excluding ortho intramolecular Hbond substituents is 1. The Labute approximate surface area is 268 Å². The van der Waals surface area contributed by atoms with Gasteiger partial charge in [0, 0.05) is 31.3 Å². The van der Waals surface area contributed by atoms with Gasteiger partial charge in [-0.15, -0.1) is 24.8 Å². The molecule has 244 valence electrons. The Bertz CT molecular complexity index is 1440. The maximum absolute atomic E-state index is 14.1. The number of nitrogens with zero attached hydrogens (tertiary/aromatic N) is 3. The van der Waals surface area contributed by atoms with Gasteiger partial charge in [-0.1, -0.05) is 13.8 Å². The summed E-state index contributed by atoms with van der Waals surface area (Å²) in [6.07, 6.45) is 0.130. The first kappa shape index (κ1) is 36.8. The first-order valence-corrected chi connectivity index (χ1v) is 13.8. The minimum atomic E-state index is -2.72. The van der Waals surface area contributed by atoms with Crippen molar-refractivity contribution in [3.8, 4) is 5.75 Å². The summed E-state index contributed by atoms with van der Waals surface area (Å²) in [6.45, 7) is 5.16. The first-order valence-electron chi connectivity index (χ1n) is 13.8. The van der Waals surface area contributed by atoms with Crippen LogP contribution in [-0.4, -0.2) is 113 Å². The number of allylic oxidation sites excluding steroid dienone is 1. The van der Waals surface area contributed by atoms with E-state index in [2.05, 4.69) is 5.32 Å². The van der Waals surface area contributed by atoms with Gasteiger partial charge in [0.05, 0.1) is 23.8 Å². The van der Waals surface area contributed by atoms with Crippen molar-refractivity contribution in [3.05, 3.63) is 39.9 Å². The first-order chi connectivity index (χ1) is 19.6. The molecular weight excluding hydrogens is 617 g/mol. The van der Waals surface area contributed by atoms with Gasteiger partial charge in [-0.05, 0) is 57.6 Å². The van der Waals surface area contributed by atoms with Crippen molar-refractivity contribution in [1.82, 2.24) is 9.80 Å². The number of primary amides is 1. The van der Waals surface area contributed by atoms with Crippen LogP contribution in [-0.2, 0) is 20.8 Å². The number of phenols is 1. The van der Waals surface area contributed by atoms with Crippen LogP contribution in [0.1, 0.15) is 36.2 Å². The second-order valence-corrected chi connectivity index (χ2v) is 11.5. The molecule has 4 atom stereocenters. The molecule has 0 saturated heterocycles. The van der Waals surface area contributed by atoms with Crippen LogP contribution in [0.3, 0.4) is 0 Å². The number of amides is 2. The molecule has 13 nitrogen and oxygen atoms in total. The number of aromatic hydroxyl groups is 1. The highest BCUT2D eigenvalue weighted by molar-refractivity contribution is 6.25. The summed E-state index contributed by atoms with van der Waals surface area (Å²) in [5.41, 5.74) is 2.39. The largest absolute Gasteiger partial charge is 0.510 e. The summed E-state index contributed by atoms with van der Waals surface area (Å²) in [5, 5.41) is 48.1. The van der Waals surface area contributed by atoms with Crippen LogP contribution >= 0.6 is 24.8 Å². The SMILES string of the molecule is CCN(CC)CC(=O)Nc1cc(N(C)C)c2c(c1O)C(=O)C1=C(O)[C@]3(O)C(=O)C(C(N)=O)=C(O)[C@@H](N(C)C)C3CC1C2.Cl.Cl. The Hall–Kier alpha value is -3.36. The summed E-state index contributed by atoms with van der Waals surface area (Å²) in [7, 11) is 6.64. The normalized spacial score (nSPS) is 24.2. The van der Waals surface area contributed by atoms with Crippen molar-refractivity contribution in [2.24, 2.45) is 17.6 Å². The minimum Gasteiger partial charge on any atom is -0.510 e. The van der Waals surface area contributed by atoms with Crippen LogP contribution in [0.5, 0.6) is 5.75 Å². The lowest BCUT2D eigenvalue weighted by molar-refractivity contribution is -0.148. The number of aliphatic hydroxyl groups is 3. The molecule has 0 radical (unpaired) electrons. The summed E-state index contributed by atoms with van der Waals surface area (Å²) < 4.78 is 0. The van der Waals surface area contributed by atoms with Gasteiger partial charge in [0.2, 0.25) is 11.7 Å². The number of carbonyl (C=O) groups is 4. The maximum atomic E-state index is 14.1. The topological polar surface area (TPSA) is 197 Å². The van der Waals surface area contributed by atoms with E-state index in [-0.39, 0.29) is 61.0 Å². The summed E-state index contributed by atoms with van der Waals surface area (Å²) in [6, 6.07) is 0.510. The molecule has 0 fully saturated rings. The molecular formula is C29H41Cl2N5O8. The third-order valence-corrected chi connectivity index (χ3v) is 8.72. The molecule has 0 bridgehead atoms. The molecule has 2 unspecified atom stereocenters. The fourth-order valence-electron chi connectivity index (χ4n) is 6.63. The Kier molecular flexibility index (Phi) is 11.2. The number of likely N-dealkylation sites (N-methyl/N-ethyl adjacent to an activating group) is 2. The molecule has 2 amide bonds. The molecule has 44 heavy (non-hydrogen) atoms. The van der Waals surface area contributed by atoms with Crippen molar-refractivity contribution in [2.75, 3.05) is 58.0 Å². The van der Waals surface area contributed by atoms with Crippen LogP contribution in [0.4, 0.5) is 11.4 Å². The number of anilines is 2. The number of benzene rings is 1.